The summed E-state index contributed by atoms with van der Waals surface area (Å²) >= 11 is 0. The van der Waals surface area contributed by atoms with Crippen LogP contribution in [0.5, 0.6) is 0 Å². The fourth-order valence-corrected chi connectivity index (χ4v) is 2.03. The number of aliphatic hydroxyl groups excluding tert-OH is 1. The molecule has 1 aromatic rings. The van der Waals surface area contributed by atoms with Crippen molar-refractivity contribution in [3.63, 3.8) is 0 Å². The summed E-state index contributed by atoms with van der Waals surface area (Å²) in [6.45, 7) is 1.04. The van der Waals surface area contributed by atoms with E-state index in [-0.39, 0.29) is 12.1 Å². The average molecular weight is 191 g/mol. The van der Waals surface area contributed by atoms with Gasteiger partial charge in [0.1, 0.15) is 0 Å². The van der Waals surface area contributed by atoms with Gasteiger partial charge in [-0.05, 0) is 24.9 Å². The van der Waals surface area contributed by atoms with Crippen molar-refractivity contribution in [1.29, 1.82) is 0 Å². The molecule has 0 bridgehead atoms. The van der Waals surface area contributed by atoms with Crippen molar-refractivity contribution in [2.45, 2.75) is 31.4 Å². The normalized spacial score (nSPS) is 24.5. The zero-order valence-electron chi connectivity index (χ0n) is 8.32. The van der Waals surface area contributed by atoms with Crippen molar-refractivity contribution in [3.8, 4) is 0 Å². The monoisotopic (exact) mass is 191 g/mol. The number of aliphatic hydroxyl groups is 1. The van der Waals surface area contributed by atoms with Crippen LogP contribution in [0.25, 0.3) is 0 Å². The molecule has 0 saturated carbocycles. The SMILES string of the molecule is O[C@H](c1ccccc1)[C@H]1CCCCN1. The summed E-state index contributed by atoms with van der Waals surface area (Å²) in [6.07, 6.45) is 3.19. The van der Waals surface area contributed by atoms with Gasteiger partial charge in [0.05, 0.1) is 6.10 Å². The average Bonchev–Trinajstić information content (AvgIpc) is 2.30. The summed E-state index contributed by atoms with van der Waals surface area (Å²) in [7, 11) is 0. The van der Waals surface area contributed by atoms with Gasteiger partial charge in [-0.15, -0.1) is 0 Å². The second-order valence-corrected chi connectivity index (χ2v) is 3.91. The van der Waals surface area contributed by atoms with Crippen LogP contribution in [0, 0.1) is 0 Å². The molecule has 2 atom stereocenters. The Hall–Kier alpha value is -0.860. The molecule has 2 N–H and O–H groups in total. The Morgan fingerprint density at radius 2 is 2.00 bits per heavy atom. The first-order valence-electron chi connectivity index (χ1n) is 5.34. The summed E-state index contributed by atoms with van der Waals surface area (Å²) < 4.78 is 0. The van der Waals surface area contributed by atoms with Gasteiger partial charge in [-0.1, -0.05) is 36.8 Å². The first-order chi connectivity index (χ1) is 6.88. The minimum absolute atomic E-state index is 0.242. The van der Waals surface area contributed by atoms with E-state index in [4.69, 9.17) is 0 Å². The Bertz CT molecular complexity index is 267. The highest BCUT2D eigenvalue weighted by Gasteiger charge is 2.21. The standard InChI is InChI=1S/C12H17NO/c14-12(10-6-2-1-3-7-10)11-8-4-5-9-13-11/h1-3,6-7,11-14H,4-5,8-9H2/t11-,12-/m1/s1. The Labute approximate surface area is 85.0 Å². The van der Waals surface area contributed by atoms with Crippen LogP contribution in [0.15, 0.2) is 30.3 Å². The van der Waals surface area contributed by atoms with Crippen molar-refractivity contribution in [1.82, 2.24) is 5.32 Å². The molecular weight excluding hydrogens is 174 g/mol. The van der Waals surface area contributed by atoms with E-state index >= 15 is 0 Å². The molecule has 2 rings (SSSR count). The van der Waals surface area contributed by atoms with Gasteiger partial charge in [0, 0.05) is 6.04 Å². The Morgan fingerprint density at radius 3 is 2.64 bits per heavy atom. The van der Waals surface area contributed by atoms with Crippen LogP contribution >= 0.6 is 0 Å². The van der Waals surface area contributed by atoms with Crippen LogP contribution < -0.4 is 5.32 Å². The fraction of sp³-hybridized carbons (Fsp3) is 0.500. The van der Waals surface area contributed by atoms with E-state index in [0.29, 0.717) is 0 Å². The quantitative estimate of drug-likeness (QED) is 0.748. The van der Waals surface area contributed by atoms with E-state index in [1.54, 1.807) is 0 Å². The summed E-state index contributed by atoms with van der Waals surface area (Å²) in [5.74, 6) is 0. The molecule has 0 amide bonds. The molecule has 0 aromatic heterocycles. The number of piperidine rings is 1. The number of hydrogen-bond donors (Lipinski definition) is 2. The van der Waals surface area contributed by atoms with Gasteiger partial charge in [0.2, 0.25) is 0 Å². The second kappa shape index (κ2) is 4.58. The van der Waals surface area contributed by atoms with E-state index in [2.05, 4.69) is 5.32 Å². The van der Waals surface area contributed by atoms with Crippen molar-refractivity contribution >= 4 is 0 Å². The molecule has 1 fully saturated rings. The highest BCUT2D eigenvalue weighted by molar-refractivity contribution is 5.18. The summed E-state index contributed by atoms with van der Waals surface area (Å²) in [4.78, 5) is 0. The molecule has 0 unspecified atom stereocenters. The predicted molar refractivity (Wildman–Crippen MR) is 57.0 cm³/mol. The molecule has 1 saturated heterocycles. The van der Waals surface area contributed by atoms with Gasteiger partial charge in [-0.3, -0.25) is 0 Å². The predicted octanol–water partition coefficient (Wildman–Crippen LogP) is 1.86. The number of benzene rings is 1. The smallest absolute Gasteiger partial charge is 0.0942 e. The molecule has 76 valence electrons. The Kier molecular flexibility index (Phi) is 3.17. The topological polar surface area (TPSA) is 32.3 Å². The molecule has 14 heavy (non-hydrogen) atoms. The first-order valence-corrected chi connectivity index (χ1v) is 5.34. The van der Waals surface area contributed by atoms with Gasteiger partial charge in [-0.2, -0.15) is 0 Å². The third-order valence-electron chi connectivity index (χ3n) is 2.87. The van der Waals surface area contributed by atoms with Crippen LogP contribution in [0.3, 0.4) is 0 Å². The number of rotatable bonds is 2. The third-order valence-corrected chi connectivity index (χ3v) is 2.87. The highest BCUT2D eigenvalue weighted by atomic mass is 16.3. The first kappa shape index (κ1) is 9.69. The fourth-order valence-electron chi connectivity index (χ4n) is 2.03. The lowest BCUT2D eigenvalue weighted by atomic mass is 9.95. The van der Waals surface area contributed by atoms with E-state index in [0.717, 1.165) is 18.5 Å². The van der Waals surface area contributed by atoms with Crippen LogP contribution in [-0.2, 0) is 0 Å². The van der Waals surface area contributed by atoms with Crippen molar-refractivity contribution in [2.24, 2.45) is 0 Å². The lowest BCUT2D eigenvalue weighted by Crippen LogP contribution is -2.38. The lowest BCUT2D eigenvalue weighted by Gasteiger charge is -2.28. The van der Waals surface area contributed by atoms with Gasteiger partial charge in [0.25, 0.3) is 0 Å². The Morgan fingerprint density at radius 1 is 1.21 bits per heavy atom. The highest BCUT2D eigenvalue weighted by Crippen LogP contribution is 2.22. The van der Waals surface area contributed by atoms with Crippen molar-refractivity contribution in [2.75, 3.05) is 6.54 Å². The van der Waals surface area contributed by atoms with Crippen LogP contribution in [0.2, 0.25) is 0 Å². The van der Waals surface area contributed by atoms with Gasteiger partial charge >= 0.3 is 0 Å². The van der Waals surface area contributed by atoms with Crippen LogP contribution in [-0.4, -0.2) is 17.7 Å². The van der Waals surface area contributed by atoms with Gasteiger partial charge < -0.3 is 10.4 Å². The lowest BCUT2D eigenvalue weighted by molar-refractivity contribution is 0.114. The van der Waals surface area contributed by atoms with E-state index in [1.165, 1.54) is 12.8 Å². The van der Waals surface area contributed by atoms with E-state index < -0.39 is 0 Å². The maximum atomic E-state index is 10.1. The maximum Gasteiger partial charge on any atom is 0.0942 e. The largest absolute Gasteiger partial charge is 0.387 e. The van der Waals surface area contributed by atoms with E-state index in [1.807, 2.05) is 30.3 Å². The minimum Gasteiger partial charge on any atom is -0.387 e. The molecule has 0 radical (unpaired) electrons. The number of nitrogens with one attached hydrogen (secondary N) is 1. The second-order valence-electron chi connectivity index (χ2n) is 3.91. The summed E-state index contributed by atoms with van der Waals surface area (Å²) in [5.41, 5.74) is 1.02. The summed E-state index contributed by atoms with van der Waals surface area (Å²) in [5, 5.41) is 13.5. The molecule has 2 heteroatoms. The molecule has 0 spiro atoms. The maximum absolute atomic E-state index is 10.1. The minimum atomic E-state index is -0.350. The van der Waals surface area contributed by atoms with Crippen LogP contribution in [0.4, 0.5) is 0 Å². The third kappa shape index (κ3) is 2.14. The molecule has 2 nitrogen and oxygen atoms in total. The number of hydrogen-bond acceptors (Lipinski definition) is 2. The summed E-state index contributed by atoms with van der Waals surface area (Å²) in [6, 6.07) is 10.1. The van der Waals surface area contributed by atoms with Crippen molar-refractivity contribution < 1.29 is 5.11 Å². The van der Waals surface area contributed by atoms with E-state index in [9.17, 15) is 5.11 Å². The molecule has 1 heterocycles. The molecule has 1 aliphatic heterocycles. The zero-order chi connectivity index (χ0) is 9.80. The zero-order valence-corrected chi connectivity index (χ0v) is 8.32. The van der Waals surface area contributed by atoms with Crippen molar-refractivity contribution in [3.05, 3.63) is 35.9 Å². The van der Waals surface area contributed by atoms with Crippen LogP contribution in [0.1, 0.15) is 30.9 Å². The molecular formula is C12H17NO. The van der Waals surface area contributed by atoms with Gasteiger partial charge in [-0.25, -0.2) is 0 Å². The Balaban J connectivity index is 2.03. The molecule has 1 aliphatic rings. The molecule has 0 aliphatic carbocycles. The molecule has 1 aromatic carbocycles. The van der Waals surface area contributed by atoms with Gasteiger partial charge in [0.15, 0.2) is 0 Å².